The third-order valence-corrected chi connectivity index (χ3v) is 5.72. The number of nitrogens with one attached hydrogen (secondary N) is 1. The van der Waals surface area contributed by atoms with Crippen LogP contribution >= 0.6 is 11.3 Å². The molecule has 1 aromatic heterocycles. The van der Waals surface area contributed by atoms with Crippen LogP contribution in [0.1, 0.15) is 51.6 Å². The van der Waals surface area contributed by atoms with E-state index in [0.29, 0.717) is 6.04 Å². The molecule has 0 saturated heterocycles. The summed E-state index contributed by atoms with van der Waals surface area (Å²) in [6, 6.07) is 0.303. The first-order chi connectivity index (χ1) is 9.44. The fourth-order valence-corrected chi connectivity index (χ4v) is 3.72. The summed E-state index contributed by atoms with van der Waals surface area (Å²) in [6.07, 6.45) is 4.09. The zero-order valence-electron chi connectivity index (χ0n) is 13.0. The SMILES string of the molecule is CCOC1CC(N)(CNC(CC)c2nccs2)C1(C)C. The van der Waals surface area contributed by atoms with Gasteiger partial charge in [0.2, 0.25) is 0 Å². The number of aromatic nitrogens is 1. The van der Waals surface area contributed by atoms with Crippen LogP contribution in [0, 0.1) is 5.41 Å². The number of hydrogen-bond acceptors (Lipinski definition) is 5. The highest BCUT2D eigenvalue weighted by Gasteiger charge is 2.58. The van der Waals surface area contributed by atoms with Crippen molar-refractivity contribution >= 4 is 11.3 Å². The lowest BCUT2D eigenvalue weighted by molar-refractivity contribution is -0.148. The second kappa shape index (κ2) is 6.10. The molecule has 0 aromatic carbocycles. The second-order valence-corrected chi connectivity index (χ2v) is 7.16. The Labute approximate surface area is 126 Å². The van der Waals surface area contributed by atoms with Crippen LogP contribution in [0.2, 0.25) is 0 Å². The van der Waals surface area contributed by atoms with E-state index in [-0.39, 0.29) is 17.1 Å². The molecular weight excluding hydrogens is 270 g/mol. The number of ether oxygens (including phenoxy) is 1. The summed E-state index contributed by atoms with van der Waals surface area (Å²) in [6.45, 7) is 10.2. The summed E-state index contributed by atoms with van der Waals surface area (Å²) >= 11 is 1.70. The third-order valence-electron chi connectivity index (χ3n) is 4.83. The van der Waals surface area contributed by atoms with Crippen LogP contribution in [0.15, 0.2) is 11.6 Å². The summed E-state index contributed by atoms with van der Waals surface area (Å²) in [5, 5.41) is 6.77. The van der Waals surface area contributed by atoms with Crippen molar-refractivity contribution in [2.45, 2.75) is 58.2 Å². The molecule has 3 unspecified atom stereocenters. The molecule has 0 bridgehead atoms. The fourth-order valence-electron chi connectivity index (χ4n) is 2.93. The van der Waals surface area contributed by atoms with Crippen LogP contribution in [0.25, 0.3) is 0 Å². The highest BCUT2D eigenvalue weighted by atomic mass is 32.1. The summed E-state index contributed by atoms with van der Waals surface area (Å²) in [7, 11) is 0. The topological polar surface area (TPSA) is 60.2 Å². The Morgan fingerprint density at radius 1 is 1.55 bits per heavy atom. The number of nitrogens with two attached hydrogens (primary N) is 1. The molecule has 2 rings (SSSR count). The van der Waals surface area contributed by atoms with Gasteiger partial charge in [-0.2, -0.15) is 0 Å². The molecule has 4 nitrogen and oxygen atoms in total. The Kier molecular flexibility index (Phi) is 4.84. The van der Waals surface area contributed by atoms with Crippen LogP contribution in [-0.2, 0) is 4.74 Å². The summed E-state index contributed by atoms with van der Waals surface area (Å²) in [5.41, 5.74) is 6.41. The molecule has 1 aliphatic carbocycles. The Bertz CT molecular complexity index is 421. The Hall–Kier alpha value is -0.490. The molecule has 1 fully saturated rings. The second-order valence-electron chi connectivity index (χ2n) is 6.24. The molecule has 1 aliphatic rings. The van der Waals surface area contributed by atoms with E-state index in [0.717, 1.165) is 31.0 Å². The van der Waals surface area contributed by atoms with Crippen molar-refractivity contribution in [2.75, 3.05) is 13.2 Å². The maximum absolute atomic E-state index is 6.60. The average Bonchev–Trinajstić information content (AvgIpc) is 2.93. The zero-order valence-corrected chi connectivity index (χ0v) is 13.8. The monoisotopic (exact) mass is 297 g/mol. The van der Waals surface area contributed by atoms with Gasteiger partial charge in [0, 0.05) is 35.7 Å². The number of thiazole rings is 1. The predicted molar refractivity (Wildman–Crippen MR) is 83.9 cm³/mol. The molecule has 114 valence electrons. The minimum absolute atomic E-state index is 0.0111. The van der Waals surface area contributed by atoms with Gasteiger partial charge in [-0.25, -0.2) is 4.98 Å². The smallest absolute Gasteiger partial charge is 0.109 e. The molecule has 3 atom stereocenters. The van der Waals surface area contributed by atoms with E-state index in [9.17, 15) is 0 Å². The van der Waals surface area contributed by atoms with Gasteiger partial charge in [-0.15, -0.1) is 11.3 Å². The van der Waals surface area contributed by atoms with E-state index >= 15 is 0 Å². The number of rotatable bonds is 7. The lowest BCUT2D eigenvalue weighted by Crippen LogP contribution is -2.73. The first-order valence-electron chi connectivity index (χ1n) is 7.48. The molecule has 0 amide bonds. The van der Waals surface area contributed by atoms with E-state index < -0.39 is 0 Å². The Morgan fingerprint density at radius 2 is 2.30 bits per heavy atom. The molecule has 1 aromatic rings. The normalized spacial score (nSPS) is 29.9. The van der Waals surface area contributed by atoms with Crippen molar-refractivity contribution in [1.82, 2.24) is 10.3 Å². The van der Waals surface area contributed by atoms with Crippen LogP contribution in [0.3, 0.4) is 0 Å². The van der Waals surface area contributed by atoms with Crippen molar-refractivity contribution in [3.8, 4) is 0 Å². The van der Waals surface area contributed by atoms with E-state index in [1.54, 1.807) is 11.3 Å². The van der Waals surface area contributed by atoms with Crippen molar-refractivity contribution < 1.29 is 4.74 Å². The van der Waals surface area contributed by atoms with Gasteiger partial charge in [-0.05, 0) is 19.8 Å². The van der Waals surface area contributed by atoms with Crippen molar-refractivity contribution in [3.05, 3.63) is 16.6 Å². The highest BCUT2D eigenvalue weighted by Crippen LogP contribution is 2.49. The van der Waals surface area contributed by atoms with Crippen LogP contribution in [0.4, 0.5) is 0 Å². The minimum Gasteiger partial charge on any atom is -0.378 e. The summed E-state index contributed by atoms with van der Waals surface area (Å²) < 4.78 is 5.78. The Morgan fingerprint density at radius 3 is 2.80 bits per heavy atom. The molecule has 0 radical (unpaired) electrons. The molecule has 3 N–H and O–H groups in total. The lowest BCUT2D eigenvalue weighted by Gasteiger charge is -2.59. The summed E-state index contributed by atoms with van der Waals surface area (Å²) in [5.74, 6) is 0. The first kappa shape index (κ1) is 15.9. The summed E-state index contributed by atoms with van der Waals surface area (Å²) in [4.78, 5) is 4.40. The quantitative estimate of drug-likeness (QED) is 0.812. The number of nitrogens with zero attached hydrogens (tertiary/aromatic N) is 1. The fraction of sp³-hybridized carbons (Fsp3) is 0.800. The van der Waals surface area contributed by atoms with Gasteiger partial charge in [0.1, 0.15) is 5.01 Å². The standard InChI is InChI=1S/C15H27N3OS/c1-5-11(13-17-7-8-20-13)18-10-15(16)9-12(19-6-2)14(15,3)4/h7-8,11-12,18H,5-6,9-10,16H2,1-4H3. The van der Waals surface area contributed by atoms with Gasteiger partial charge in [0.25, 0.3) is 0 Å². The van der Waals surface area contributed by atoms with Gasteiger partial charge in [0.15, 0.2) is 0 Å². The maximum atomic E-state index is 6.60. The van der Waals surface area contributed by atoms with E-state index in [1.807, 2.05) is 18.5 Å². The van der Waals surface area contributed by atoms with E-state index in [1.165, 1.54) is 0 Å². The molecule has 20 heavy (non-hydrogen) atoms. The molecular formula is C15H27N3OS. The van der Waals surface area contributed by atoms with Gasteiger partial charge < -0.3 is 15.8 Å². The molecule has 1 heterocycles. The Balaban J connectivity index is 1.93. The molecule has 5 heteroatoms. The largest absolute Gasteiger partial charge is 0.378 e. The highest BCUT2D eigenvalue weighted by molar-refractivity contribution is 7.09. The van der Waals surface area contributed by atoms with Crippen molar-refractivity contribution in [3.63, 3.8) is 0 Å². The lowest BCUT2D eigenvalue weighted by atomic mass is 9.54. The van der Waals surface area contributed by atoms with Gasteiger partial charge in [0.05, 0.1) is 12.1 Å². The molecule has 0 spiro atoms. The third kappa shape index (κ3) is 2.77. The van der Waals surface area contributed by atoms with Crippen molar-refractivity contribution in [2.24, 2.45) is 11.1 Å². The number of hydrogen-bond donors (Lipinski definition) is 2. The van der Waals surface area contributed by atoms with E-state index in [4.69, 9.17) is 10.5 Å². The van der Waals surface area contributed by atoms with Gasteiger partial charge in [-0.3, -0.25) is 0 Å². The van der Waals surface area contributed by atoms with Crippen LogP contribution in [0.5, 0.6) is 0 Å². The zero-order chi connectivity index (χ0) is 14.8. The van der Waals surface area contributed by atoms with E-state index in [2.05, 4.69) is 31.1 Å². The van der Waals surface area contributed by atoms with Gasteiger partial charge in [-0.1, -0.05) is 20.8 Å². The molecule has 1 saturated carbocycles. The predicted octanol–water partition coefficient (Wildman–Crippen LogP) is 2.72. The van der Waals surface area contributed by atoms with Gasteiger partial charge >= 0.3 is 0 Å². The molecule has 0 aliphatic heterocycles. The minimum atomic E-state index is -0.197. The first-order valence-corrected chi connectivity index (χ1v) is 8.36. The van der Waals surface area contributed by atoms with Crippen molar-refractivity contribution in [1.29, 1.82) is 0 Å². The maximum Gasteiger partial charge on any atom is 0.109 e. The average molecular weight is 297 g/mol. The van der Waals surface area contributed by atoms with Crippen LogP contribution in [-0.4, -0.2) is 29.8 Å². The van der Waals surface area contributed by atoms with Crippen LogP contribution < -0.4 is 11.1 Å².